The number of nitrogens with zero attached hydrogens (tertiary/aromatic N) is 3. The van der Waals surface area contributed by atoms with E-state index in [1.807, 2.05) is 6.92 Å². The minimum atomic E-state index is -0.453. The quantitative estimate of drug-likeness (QED) is 0.765. The van der Waals surface area contributed by atoms with Gasteiger partial charge in [0.1, 0.15) is 5.82 Å². The first-order valence-electron chi connectivity index (χ1n) is 6.02. The number of rotatable bonds is 2. The first-order chi connectivity index (χ1) is 8.61. The summed E-state index contributed by atoms with van der Waals surface area (Å²) in [6.07, 6.45) is 1.47. The zero-order valence-corrected chi connectivity index (χ0v) is 10.9. The first kappa shape index (κ1) is 12.8. The highest BCUT2D eigenvalue weighted by Gasteiger charge is 2.20. The highest BCUT2D eigenvalue weighted by molar-refractivity contribution is 5.87. The summed E-state index contributed by atoms with van der Waals surface area (Å²) in [7, 11) is 1.34. The first-order valence-corrected chi connectivity index (χ1v) is 6.02. The van der Waals surface area contributed by atoms with E-state index in [-0.39, 0.29) is 5.69 Å². The highest BCUT2D eigenvalue weighted by Crippen LogP contribution is 2.17. The topological polar surface area (TPSA) is 67.3 Å². The maximum atomic E-state index is 11.4. The number of aryl methyl sites for hydroxylation is 1. The lowest BCUT2D eigenvalue weighted by atomic mass is 10.2. The molecule has 0 radical (unpaired) electrons. The Balaban J connectivity index is 2.21. The fourth-order valence-corrected chi connectivity index (χ4v) is 2.11. The molecule has 6 heteroatoms. The average Bonchev–Trinajstić information content (AvgIpc) is 2.37. The van der Waals surface area contributed by atoms with Crippen LogP contribution in [0, 0.1) is 6.92 Å². The van der Waals surface area contributed by atoms with Gasteiger partial charge in [-0.1, -0.05) is 0 Å². The smallest absolute Gasteiger partial charge is 0.358 e. The molecule has 1 saturated heterocycles. The lowest BCUT2D eigenvalue weighted by Gasteiger charge is -2.33. The molecule has 0 saturated carbocycles. The SMILES string of the molecule is COC(=O)c1cnc(N2CCN[C@H](C)C2)c(C)n1. The van der Waals surface area contributed by atoms with Crippen molar-refractivity contribution in [2.45, 2.75) is 19.9 Å². The van der Waals surface area contributed by atoms with Crippen molar-refractivity contribution >= 4 is 11.8 Å². The highest BCUT2D eigenvalue weighted by atomic mass is 16.5. The standard InChI is InChI=1S/C12H18N4O2/c1-8-7-16(5-4-13-8)11-9(2)15-10(6-14-11)12(17)18-3/h6,8,13H,4-5,7H2,1-3H3/t8-/m1/s1. The number of esters is 1. The van der Waals surface area contributed by atoms with Gasteiger partial charge in [-0.15, -0.1) is 0 Å². The van der Waals surface area contributed by atoms with E-state index in [2.05, 4.69) is 31.8 Å². The van der Waals surface area contributed by atoms with Crippen molar-refractivity contribution in [1.82, 2.24) is 15.3 Å². The number of hydrogen-bond donors (Lipinski definition) is 1. The molecule has 1 aliphatic rings. The second-order valence-electron chi connectivity index (χ2n) is 4.46. The Morgan fingerprint density at radius 1 is 1.61 bits per heavy atom. The van der Waals surface area contributed by atoms with Crippen LogP contribution < -0.4 is 10.2 Å². The second-order valence-corrected chi connectivity index (χ2v) is 4.46. The van der Waals surface area contributed by atoms with E-state index in [0.29, 0.717) is 6.04 Å². The van der Waals surface area contributed by atoms with E-state index < -0.39 is 5.97 Å². The summed E-state index contributed by atoms with van der Waals surface area (Å²) in [6.45, 7) is 6.73. The molecule has 0 amide bonds. The lowest BCUT2D eigenvalue weighted by molar-refractivity contribution is 0.0593. The molecule has 1 aromatic rings. The molecule has 1 atom stereocenters. The van der Waals surface area contributed by atoms with Gasteiger partial charge in [0, 0.05) is 25.7 Å². The molecule has 1 N–H and O–H groups in total. The van der Waals surface area contributed by atoms with Crippen LogP contribution in [0.4, 0.5) is 5.82 Å². The predicted molar refractivity (Wildman–Crippen MR) is 67.8 cm³/mol. The molecule has 18 heavy (non-hydrogen) atoms. The molecular formula is C12H18N4O2. The number of aromatic nitrogens is 2. The third-order valence-electron chi connectivity index (χ3n) is 2.98. The van der Waals surface area contributed by atoms with Crippen LogP contribution in [0.5, 0.6) is 0 Å². The molecule has 0 spiro atoms. The van der Waals surface area contributed by atoms with Crippen molar-refractivity contribution in [1.29, 1.82) is 0 Å². The Morgan fingerprint density at radius 2 is 2.39 bits per heavy atom. The van der Waals surface area contributed by atoms with Gasteiger partial charge in [-0.25, -0.2) is 14.8 Å². The molecule has 0 unspecified atom stereocenters. The van der Waals surface area contributed by atoms with E-state index in [0.717, 1.165) is 31.1 Å². The van der Waals surface area contributed by atoms with Crippen molar-refractivity contribution in [2.24, 2.45) is 0 Å². The lowest BCUT2D eigenvalue weighted by Crippen LogP contribution is -2.49. The largest absolute Gasteiger partial charge is 0.464 e. The minimum Gasteiger partial charge on any atom is -0.464 e. The Bertz CT molecular complexity index is 450. The summed E-state index contributed by atoms with van der Waals surface area (Å²) >= 11 is 0. The van der Waals surface area contributed by atoms with Gasteiger partial charge in [-0.3, -0.25) is 0 Å². The molecule has 0 bridgehead atoms. The molecule has 2 rings (SSSR count). The maximum absolute atomic E-state index is 11.4. The Morgan fingerprint density at radius 3 is 3.00 bits per heavy atom. The molecule has 0 aromatic carbocycles. The summed E-state index contributed by atoms with van der Waals surface area (Å²) < 4.78 is 4.63. The number of hydrogen-bond acceptors (Lipinski definition) is 6. The third-order valence-corrected chi connectivity index (χ3v) is 2.98. The minimum absolute atomic E-state index is 0.252. The molecule has 98 valence electrons. The molecule has 1 fully saturated rings. The van der Waals surface area contributed by atoms with Crippen molar-refractivity contribution in [3.8, 4) is 0 Å². The van der Waals surface area contributed by atoms with Crippen LogP contribution in [0.2, 0.25) is 0 Å². The monoisotopic (exact) mass is 250 g/mol. The number of methoxy groups -OCH3 is 1. The summed E-state index contributed by atoms with van der Waals surface area (Å²) in [5.41, 5.74) is 1.01. The number of carbonyl (C=O) groups is 1. The summed E-state index contributed by atoms with van der Waals surface area (Å²) in [4.78, 5) is 22.1. The Kier molecular flexibility index (Phi) is 3.76. The molecule has 0 aliphatic carbocycles. The number of piperazine rings is 1. The Hall–Kier alpha value is -1.69. The van der Waals surface area contributed by atoms with Gasteiger partial charge in [0.2, 0.25) is 0 Å². The zero-order chi connectivity index (χ0) is 13.1. The van der Waals surface area contributed by atoms with Crippen LogP contribution in [-0.2, 0) is 4.74 Å². The van der Waals surface area contributed by atoms with E-state index in [9.17, 15) is 4.79 Å². The van der Waals surface area contributed by atoms with E-state index in [1.54, 1.807) is 0 Å². The van der Waals surface area contributed by atoms with Crippen LogP contribution in [0.15, 0.2) is 6.20 Å². The van der Waals surface area contributed by atoms with Crippen molar-refractivity contribution in [3.05, 3.63) is 17.6 Å². The summed E-state index contributed by atoms with van der Waals surface area (Å²) in [5, 5.41) is 3.38. The average molecular weight is 250 g/mol. The van der Waals surface area contributed by atoms with Crippen LogP contribution in [-0.4, -0.2) is 48.7 Å². The van der Waals surface area contributed by atoms with Gasteiger partial charge in [0.15, 0.2) is 5.69 Å². The second kappa shape index (κ2) is 5.30. The van der Waals surface area contributed by atoms with Gasteiger partial charge < -0.3 is 15.0 Å². The number of anilines is 1. The molecule has 6 nitrogen and oxygen atoms in total. The van der Waals surface area contributed by atoms with Crippen molar-refractivity contribution in [2.75, 3.05) is 31.6 Å². The molecule has 2 heterocycles. The summed E-state index contributed by atoms with van der Waals surface area (Å²) in [5.74, 6) is 0.391. The number of ether oxygens (including phenoxy) is 1. The zero-order valence-electron chi connectivity index (χ0n) is 10.9. The van der Waals surface area contributed by atoms with Gasteiger partial charge in [-0.2, -0.15) is 0 Å². The van der Waals surface area contributed by atoms with Gasteiger partial charge >= 0.3 is 5.97 Å². The number of carbonyl (C=O) groups excluding carboxylic acids is 1. The van der Waals surface area contributed by atoms with E-state index in [1.165, 1.54) is 13.3 Å². The normalized spacial score (nSPS) is 19.7. The predicted octanol–water partition coefficient (Wildman–Crippen LogP) is 0.370. The molecule has 1 aromatic heterocycles. The van der Waals surface area contributed by atoms with E-state index >= 15 is 0 Å². The van der Waals surface area contributed by atoms with Crippen LogP contribution in [0.3, 0.4) is 0 Å². The Labute approximate surface area is 106 Å². The third kappa shape index (κ3) is 2.59. The van der Waals surface area contributed by atoms with Crippen molar-refractivity contribution < 1.29 is 9.53 Å². The van der Waals surface area contributed by atoms with Crippen molar-refractivity contribution in [3.63, 3.8) is 0 Å². The van der Waals surface area contributed by atoms with Gasteiger partial charge in [0.25, 0.3) is 0 Å². The molecule has 1 aliphatic heterocycles. The number of nitrogens with one attached hydrogen (secondary N) is 1. The van der Waals surface area contributed by atoms with Crippen LogP contribution >= 0.6 is 0 Å². The van der Waals surface area contributed by atoms with Gasteiger partial charge in [0.05, 0.1) is 19.0 Å². The fourth-order valence-electron chi connectivity index (χ4n) is 2.11. The summed E-state index contributed by atoms with van der Waals surface area (Å²) in [6, 6.07) is 0.431. The van der Waals surface area contributed by atoms with E-state index in [4.69, 9.17) is 0 Å². The molecular weight excluding hydrogens is 232 g/mol. The van der Waals surface area contributed by atoms with Gasteiger partial charge in [-0.05, 0) is 13.8 Å². The fraction of sp³-hybridized carbons (Fsp3) is 0.583. The van der Waals surface area contributed by atoms with Crippen LogP contribution in [0.25, 0.3) is 0 Å². The maximum Gasteiger partial charge on any atom is 0.358 e. The van der Waals surface area contributed by atoms with Crippen LogP contribution in [0.1, 0.15) is 23.1 Å².